The Hall–Kier alpha value is -1.02. The van der Waals surface area contributed by atoms with Crippen LogP contribution in [0.5, 0.6) is 5.75 Å². The van der Waals surface area contributed by atoms with Crippen molar-refractivity contribution in [1.82, 2.24) is 4.90 Å². The van der Waals surface area contributed by atoms with E-state index in [2.05, 4.69) is 18.7 Å². The van der Waals surface area contributed by atoms with Crippen LogP contribution >= 0.6 is 0 Å². The molecular formula is C13H19NO. The molecule has 1 aromatic rings. The maximum Gasteiger partial charge on any atom is 0.120 e. The van der Waals surface area contributed by atoms with Gasteiger partial charge in [-0.15, -0.1) is 0 Å². The number of phenolic OH excluding ortho intramolecular Hbond substituents is 1. The first-order valence-corrected chi connectivity index (χ1v) is 5.56. The standard InChI is InChI=1S/C13H19NO/c1-13(2)7-8-14(10-13)9-11-5-3-4-6-12(11)15/h3-6,15H,7-10H2,1-2H3. The van der Waals surface area contributed by atoms with Crippen molar-refractivity contribution in [2.45, 2.75) is 26.8 Å². The minimum absolute atomic E-state index is 0.419. The van der Waals surface area contributed by atoms with Crippen molar-refractivity contribution >= 4 is 0 Å². The maximum atomic E-state index is 9.67. The third-order valence-corrected chi connectivity index (χ3v) is 3.14. The van der Waals surface area contributed by atoms with Gasteiger partial charge in [-0.25, -0.2) is 0 Å². The Labute approximate surface area is 91.5 Å². The Morgan fingerprint density at radius 2 is 2.07 bits per heavy atom. The molecule has 0 bridgehead atoms. The van der Waals surface area contributed by atoms with Crippen LogP contribution in [0.1, 0.15) is 25.8 Å². The van der Waals surface area contributed by atoms with Crippen LogP contribution in [-0.4, -0.2) is 23.1 Å². The first-order valence-electron chi connectivity index (χ1n) is 5.56. The van der Waals surface area contributed by atoms with E-state index in [1.54, 1.807) is 6.07 Å². The molecule has 0 spiro atoms. The summed E-state index contributed by atoms with van der Waals surface area (Å²) in [5.74, 6) is 0.419. The van der Waals surface area contributed by atoms with E-state index in [1.807, 2.05) is 18.2 Å². The molecule has 2 nitrogen and oxygen atoms in total. The quantitative estimate of drug-likeness (QED) is 0.802. The number of aromatic hydroxyl groups is 1. The van der Waals surface area contributed by atoms with Gasteiger partial charge in [0.25, 0.3) is 0 Å². The van der Waals surface area contributed by atoms with Gasteiger partial charge in [0.05, 0.1) is 0 Å². The summed E-state index contributed by atoms with van der Waals surface area (Å²) < 4.78 is 0. The van der Waals surface area contributed by atoms with Crippen LogP contribution < -0.4 is 0 Å². The van der Waals surface area contributed by atoms with Gasteiger partial charge in [0.15, 0.2) is 0 Å². The molecule has 0 aromatic heterocycles. The third kappa shape index (κ3) is 2.51. The molecule has 0 amide bonds. The number of benzene rings is 1. The number of rotatable bonds is 2. The van der Waals surface area contributed by atoms with Crippen LogP contribution in [0.15, 0.2) is 24.3 Å². The number of para-hydroxylation sites is 1. The van der Waals surface area contributed by atoms with Crippen LogP contribution in [0.3, 0.4) is 0 Å². The Bertz CT molecular complexity index is 346. The van der Waals surface area contributed by atoms with Crippen LogP contribution in [0.4, 0.5) is 0 Å². The van der Waals surface area contributed by atoms with Crippen molar-refractivity contribution in [2.24, 2.45) is 5.41 Å². The highest BCUT2D eigenvalue weighted by atomic mass is 16.3. The highest BCUT2D eigenvalue weighted by Crippen LogP contribution is 2.30. The summed E-state index contributed by atoms with van der Waals surface area (Å²) in [6.07, 6.45) is 1.25. The van der Waals surface area contributed by atoms with Crippen molar-refractivity contribution in [3.8, 4) is 5.75 Å². The fraction of sp³-hybridized carbons (Fsp3) is 0.538. The van der Waals surface area contributed by atoms with E-state index in [0.717, 1.165) is 25.2 Å². The number of nitrogens with zero attached hydrogens (tertiary/aromatic N) is 1. The lowest BCUT2D eigenvalue weighted by atomic mass is 9.93. The monoisotopic (exact) mass is 205 g/mol. The zero-order valence-corrected chi connectivity index (χ0v) is 9.53. The largest absolute Gasteiger partial charge is 0.508 e. The van der Waals surface area contributed by atoms with Crippen LogP contribution in [0.2, 0.25) is 0 Å². The predicted molar refractivity (Wildman–Crippen MR) is 61.8 cm³/mol. The molecular weight excluding hydrogens is 186 g/mol. The fourth-order valence-corrected chi connectivity index (χ4v) is 2.24. The molecule has 1 saturated heterocycles. The third-order valence-electron chi connectivity index (χ3n) is 3.14. The normalized spacial score (nSPS) is 20.7. The van der Waals surface area contributed by atoms with Gasteiger partial charge < -0.3 is 5.11 Å². The minimum Gasteiger partial charge on any atom is -0.508 e. The molecule has 2 heteroatoms. The highest BCUT2D eigenvalue weighted by molar-refractivity contribution is 5.31. The average molecular weight is 205 g/mol. The van der Waals surface area contributed by atoms with Gasteiger partial charge in [-0.3, -0.25) is 4.90 Å². The molecule has 1 heterocycles. The second-order valence-electron chi connectivity index (χ2n) is 5.25. The second-order valence-corrected chi connectivity index (χ2v) is 5.25. The van der Waals surface area contributed by atoms with Crippen molar-refractivity contribution < 1.29 is 5.11 Å². The number of hydrogen-bond donors (Lipinski definition) is 1. The Balaban J connectivity index is 2.02. The lowest BCUT2D eigenvalue weighted by Gasteiger charge is -2.19. The lowest BCUT2D eigenvalue weighted by Crippen LogP contribution is -2.22. The Morgan fingerprint density at radius 1 is 1.33 bits per heavy atom. The Kier molecular flexibility index (Phi) is 2.70. The van der Waals surface area contributed by atoms with E-state index in [9.17, 15) is 5.11 Å². The average Bonchev–Trinajstić information content (AvgIpc) is 2.50. The van der Waals surface area contributed by atoms with Gasteiger partial charge >= 0.3 is 0 Å². The number of hydrogen-bond acceptors (Lipinski definition) is 2. The van der Waals surface area contributed by atoms with E-state index in [0.29, 0.717) is 11.2 Å². The molecule has 1 aromatic carbocycles. The maximum absolute atomic E-state index is 9.67. The molecule has 0 unspecified atom stereocenters. The summed E-state index contributed by atoms with van der Waals surface area (Å²) >= 11 is 0. The molecule has 1 aliphatic heterocycles. The second kappa shape index (κ2) is 3.86. The summed E-state index contributed by atoms with van der Waals surface area (Å²) in [6, 6.07) is 7.61. The van der Waals surface area contributed by atoms with Gasteiger partial charge in [-0.2, -0.15) is 0 Å². The van der Waals surface area contributed by atoms with Gasteiger partial charge in [0.1, 0.15) is 5.75 Å². The first kappa shape index (κ1) is 10.5. The molecule has 0 atom stereocenters. The van der Waals surface area contributed by atoms with Crippen LogP contribution in [0, 0.1) is 5.41 Å². The summed E-state index contributed by atoms with van der Waals surface area (Å²) in [6.45, 7) is 7.74. The summed E-state index contributed by atoms with van der Waals surface area (Å²) in [4.78, 5) is 2.41. The Morgan fingerprint density at radius 3 is 2.67 bits per heavy atom. The van der Waals surface area contributed by atoms with Crippen molar-refractivity contribution in [3.05, 3.63) is 29.8 Å². The lowest BCUT2D eigenvalue weighted by molar-refractivity contribution is 0.280. The highest BCUT2D eigenvalue weighted by Gasteiger charge is 2.29. The zero-order chi connectivity index (χ0) is 10.9. The van der Waals surface area contributed by atoms with E-state index >= 15 is 0 Å². The van der Waals surface area contributed by atoms with Crippen LogP contribution in [-0.2, 0) is 6.54 Å². The molecule has 1 N–H and O–H groups in total. The van der Waals surface area contributed by atoms with E-state index in [-0.39, 0.29) is 0 Å². The molecule has 0 radical (unpaired) electrons. The topological polar surface area (TPSA) is 23.5 Å². The first-order chi connectivity index (χ1) is 7.07. The summed E-state index contributed by atoms with van der Waals surface area (Å²) in [5.41, 5.74) is 1.47. The number of likely N-dealkylation sites (tertiary alicyclic amines) is 1. The van der Waals surface area contributed by atoms with Crippen molar-refractivity contribution in [2.75, 3.05) is 13.1 Å². The zero-order valence-electron chi connectivity index (χ0n) is 9.53. The molecule has 2 rings (SSSR count). The van der Waals surface area contributed by atoms with E-state index < -0.39 is 0 Å². The predicted octanol–water partition coefficient (Wildman–Crippen LogP) is 2.62. The van der Waals surface area contributed by atoms with Crippen molar-refractivity contribution in [3.63, 3.8) is 0 Å². The van der Waals surface area contributed by atoms with Crippen LogP contribution in [0.25, 0.3) is 0 Å². The molecule has 1 fully saturated rings. The van der Waals surface area contributed by atoms with Crippen molar-refractivity contribution in [1.29, 1.82) is 0 Å². The van der Waals surface area contributed by atoms with Gasteiger partial charge in [0, 0.05) is 18.7 Å². The van der Waals surface area contributed by atoms with Gasteiger partial charge in [-0.1, -0.05) is 32.0 Å². The molecule has 0 saturated carbocycles. The van der Waals surface area contributed by atoms with E-state index in [4.69, 9.17) is 0 Å². The molecule has 0 aliphatic carbocycles. The molecule has 82 valence electrons. The number of phenols is 1. The smallest absolute Gasteiger partial charge is 0.120 e. The minimum atomic E-state index is 0.419. The summed E-state index contributed by atoms with van der Waals surface area (Å²) in [7, 11) is 0. The SMILES string of the molecule is CC1(C)CCN(Cc2ccccc2O)C1. The fourth-order valence-electron chi connectivity index (χ4n) is 2.24. The summed E-state index contributed by atoms with van der Waals surface area (Å²) in [5, 5.41) is 9.67. The molecule has 15 heavy (non-hydrogen) atoms. The molecule has 1 aliphatic rings. The van der Waals surface area contributed by atoms with Gasteiger partial charge in [0.2, 0.25) is 0 Å². The van der Waals surface area contributed by atoms with Gasteiger partial charge in [-0.05, 0) is 24.4 Å². The van der Waals surface area contributed by atoms with E-state index in [1.165, 1.54) is 6.42 Å².